The van der Waals surface area contributed by atoms with Crippen molar-refractivity contribution >= 4 is 30.7 Å². The van der Waals surface area contributed by atoms with Gasteiger partial charge in [-0.1, -0.05) is 12.1 Å². The first-order valence-corrected chi connectivity index (χ1v) is 9.04. The number of rotatable bonds is 4. The topological polar surface area (TPSA) is 49.6 Å². The Balaban J connectivity index is 0.00000169. The molecule has 2 saturated heterocycles. The van der Waals surface area contributed by atoms with E-state index in [2.05, 4.69) is 11.8 Å². The summed E-state index contributed by atoms with van der Waals surface area (Å²) in [4.78, 5) is 17.2. The molecule has 4 nitrogen and oxygen atoms in total. The molecule has 3 rings (SSSR count). The quantitative estimate of drug-likeness (QED) is 0.836. The number of nitrogens with zero attached hydrogens (tertiary/aromatic N) is 2. The van der Waals surface area contributed by atoms with Crippen molar-refractivity contribution in [1.29, 1.82) is 0 Å². The van der Waals surface area contributed by atoms with E-state index in [0.717, 1.165) is 44.5 Å². The van der Waals surface area contributed by atoms with Crippen LogP contribution in [-0.4, -0.2) is 47.9 Å². The molecular formula is C19H30Cl2FN3O. The van der Waals surface area contributed by atoms with Crippen LogP contribution in [0.3, 0.4) is 0 Å². The van der Waals surface area contributed by atoms with E-state index < -0.39 is 0 Å². The lowest BCUT2D eigenvalue weighted by atomic mass is 9.95. The van der Waals surface area contributed by atoms with Crippen LogP contribution in [0.25, 0.3) is 0 Å². The largest absolute Gasteiger partial charge is 0.339 e. The van der Waals surface area contributed by atoms with Crippen molar-refractivity contribution in [2.24, 2.45) is 17.6 Å². The molecule has 2 aliphatic rings. The van der Waals surface area contributed by atoms with Gasteiger partial charge in [0.2, 0.25) is 5.91 Å². The zero-order valence-electron chi connectivity index (χ0n) is 15.3. The standard InChI is InChI=1S/C19H28FN3O.2ClH/c1-14-8-16(10-21)12-23(14)19(24)17-5-3-7-22(13-17)11-15-4-2-6-18(20)9-15;;/h2,4,6,9,14,16-17H,3,5,7-8,10-13,21H2,1H3;2*1H. The molecule has 0 aliphatic carbocycles. The fraction of sp³-hybridized carbons (Fsp3) is 0.632. The number of benzene rings is 1. The van der Waals surface area contributed by atoms with Crippen LogP contribution in [-0.2, 0) is 11.3 Å². The van der Waals surface area contributed by atoms with Crippen LogP contribution in [0.4, 0.5) is 4.39 Å². The van der Waals surface area contributed by atoms with E-state index in [4.69, 9.17) is 5.73 Å². The number of carbonyl (C=O) groups is 1. The molecule has 0 saturated carbocycles. The summed E-state index contributed by atoms with van der Waals surface area (Å²) < 4.78 is 13.4. The number of carbonyl (C=O) groups excluding carboxylic acids is 1. The first-order valence-electron chi connectivity index (χ1n) is 9.04. The molecule has 1 aromatic rings. The second-order valence-electron chi connectivity index (χ2n) is 7.38. The molecule has 3 atom stereocenters. The van der Waals surface area contributed by atoms with Crippen LogP contribution in [0.5, 0.6) is 0 Å². The average Bonchev–Trinajstić information content (AvgIpc) is 2.95. The highest BCUT2D eigenvalue weighted by atomic mass is 35.5. The van der Waals surface area contributed by atoms with Crippen molar-refractivity contribution in [2.45, 2.75) is 38.8 Å². The van der Waals surface area contributed by atoms with Gasteiger partial charge in [-0.15, -0.1) is 24.8 Å². The molecule has 2 heterocycles. The highest BCUT2D eigenvalue weighted by Crippen LogP contribution is 2.27. The molecule has 26 heavy (non-hydrogen) atoms. The minimum atomic E-state index is -0.198. The Hall–Kier alpha value is -0.880. The van der Waals surface area contributed by atoms with Crippen molar-refractivity contribution in [2.75, 3.05) is 26.2 Å². The van der Waals surface area contributed by atoms with Crippen LogP contribution < -0.4 is 5.73 Å². The summed E-state index contributed by atoms with van der Waals surface area (Å²) in [7, 11) is 0. The minimum absolute atomic E-state index is 0. The molecule has 0 bridgehead atoms. The van der Waals surface area contributed by atoms with Crippen molar-refractivity contribution in [3.8, 4) is 0 Å². The van der Waals surface area contributed by atoms with Gasteiger partial charge < -0.3 is 10.6 Å². The summed E-state index contributed by atoms with van der Waals surface area (Å²) in [5.74, 6) is 0.584. The smallest absolute Gasteiger partial charge is 0.227 e. The predicted octanol–water partition coefficient (Wildman–Crippen LogP) is 3.08. The molecule has 7 heteroatoms. The first kappa shape index (κ1) is 23.2. The maximum absolute atomic E-state index is 13.4. The van der Waals surface area contributed by atoms with Gasteiger partial charge in [-0.3, -0.25) is 9.69 Å². The molecule has 0 aromatic heterocycles. The third-order valence-corrected chi connectivity index (χ3v) is 5.43. The van der Waals surface area contributed by atoms with Gasteiger partial charge in [0.05, 0.1) is 5.92 Å². The monoisotopic (exact) mass is 405 g/mol. The predicted molar refractivity (Wildman–Crippen MR) is 107 cm³/mol. The summed E-state index contributed by atoms with van der Waals surface area (Å²) in [6.07, 6.45) is 2.99. The number of nitrogens with two attached hydrogens (primary N) is 1. The number of piperidine rings is 1. The van der Waals surface area contributed by atoms with Gasteiger partial charge in [0.25, 0.3) is 0 Å². The Morgan fingerprint density at radius 3 is 2.73 bits per heavy atom. The molecule has 1 aromatic carbocycles. The van der Waals surface area contributed by atoms with Crippen molar-refractivity contribution in [3.63, 3.8) is 0 Å². The maximum atomic E-state index is 13.4. The highest BCUT2D eigenvalue weighted by Gasteiger charge is 2.36. The second kappa shape index (κ2) is 10.5. The summed E-state index contributed by atoms with van der Waals surface area (Å²) in [6.45, 7) is 6.04. The van der Waals surface area contributed by atoms with E-state index in [-0.39, 0.29) is 42.5 Å². The van der Waals surface area contributed by atoms with Crippen LogP contribution >= 0.6 is 24.8 Å². The van der Waals surface area contributed by atoms with E-state index in [1.807, 2.05) is 11.0 Å². The molecule has 1 amide bonds. The third-order valence-electron chi connectivity index (χ3n) is 5.43. The molecule has 0 spiro atoms. The van der Waals surface area contributed by atoms with E-state index in [0.29, 0.717) is 25.0 Å². The van der Waals surface area contributed by atoms with Crippen LogP contribution in [0.15, 0.2) is 24.3 Å². The fourth-order valence-corrected chi connectivity index (χ4v) is 4.15. The molecular weight excluding hydrogens is 376 g/mol. The Morgan fingerprint density at radius 2 is 2.08 bits per heavy atom. The normalized spacial score (nSPS) is 26.1. The molecule has 0 radical (unpaired) electrons. The number of amides is 1. The molecule has 148 valence electrons. The zero-order chi connectivity index (χ0) is 17.1. The van der Waals surface area contributed by atoms with Crippen molar-refractivity contribution in [1.82, 2.24) is 9.80 Å². The number of halogens is 3. The molecule has 2 fully saturated rings. The van der Waals surface area contributed by atoms with Crippen LogP contribution in [0, 0.1) is 17.7 Å². The summed E-state index contributed by atoms with van der Waals surface area (Å²) in [6, 6.07) is 7.04. The Labute approximate surface area is 168 Å². The average molecular weight is 406 g/mol. The Kier molecular flexibility index (Phi) is 9.31. The van der Waals surface area contributed by atoms with Gasteiger partial charge in [0.1, 0.15) is 5.82 Å². The highest BCUT2D eigenvalue weighted by molar-refractivity contribution is 5.85. The number of hydrogen-bond acceptors (Lipinski definition) is 3. The zero-order valence-corrected chi connectivity index (χ0v) is 16.9. The summed E-state index contributed by atoms with van der Waals surface area (Å²) >= 11 is 0. The Bertz CT molecular complexity index is 590. The van der Waals surface area contributed by atoms with Crippen LogP contribution in [0.2, 0.25) is 0 Å². The summed E-state index contributed by atoms with van der Waals surface area (Å²) in [5.41, 5.74) is 6.75. The fourth-order valence-electron chi connectivity index (χ4n) is 4.15. The SMILES string of the molecule is CC1CC(CN)CN1C(=O)C1CCCN(Cc2cccc(F)c2)C1.Cl.Cl. The Morgan fingerprint density at radius 1 is 1.31 bits per heavy atom. The van der Waals surface area contributed by atoms with Crippen molar-refractivity contribution in [3.05, 3.63) is 35.6 Å². The van der Waals surface area contributed by atoms with E-state index in [1.165, 1.54) is 6.07 Å². The van der Waals surface area contributed by atoms with E-state index in [1.54, 1.807) is 12.1 Å². The van der Waals surface area contributed by atoms with Gasteiger partial charge >= 0.3 is 0 Å². The van der Waals surface area contributed by atoms with Gasteiger partial charge in [0.15, 0.2) is 0 Å². The van der Waals surface area contributed by atoms with Crippen LogP contribution in [0.1, 0.15) is 31.7 Å². The van der Waals surface area contributed by atoms with Gasteiger partial charge in [-0.05, 0) is 62.9 Å². The summed E-state index contributed by atoms with van der Waals surface area (Å²) in [5, 5.41) is 0. The lowest BCUT2D eigenvalue weighted by Gasteiger charge is -2.35. The lowest BCUT2D eigenvalue weighted by Crippen LogP contribution is -2.45. The van der Waals surface area contributed by atoms with Gasteiger partial charge in [0, 0.05) is 25.7 Å². The maximum Gasteiger partial charge on any atom is 0.227 e. The minimum Gasteiger partial charge on any atom is -0.339 e. The molecule has 2 aliphatic heterocycles. The van der Waals surface area contributed by atoms with E-state index in [9.17, 15) is 9.18 Å². The number of likely N-dealkylation sites (tertiary alicyclic amines) is 2. The molecule has 2 N–H and O–H groups in total. The number of hydrogen-bond donors (Lipinski definition) is 1. The first-order chi connectivity index (χ1) is 11.6. The lowest BCUT2D eigenvalue weighted by molar-refractivity contribution is -0.138. The molecule has 3 unspecified atom stereocenters. The van der Waals surface area contributed by atoms with Gasteiger partial charge in [-0.25, -0.2) is 4.39 Å². The second-order valence-corrected chi connectivity index (χ2v) is 7.38. The van der Waals surface area contributed by atoms with Crippen molar-refractivity contribution < 1.29 is 9.18 Å². The van der Waals surface area contributed by atoms with E-state index >= 15 is 0 Å². The third kappa shape index (κ3) is 5.56. The van der Waals surface area contributed by atoms with Gasteiger partial charge in [-0.2, -0.15) is 0 Å².